The van der Waals surface area contributed by atoms with Crippen molar-refractivity contribution in [2.75, 3.05) is 7.11 Å². The van der Waals surface area contributed by atoms with Crippen molar-refractivity contribution >= 4 is 11.9 Å². The van der Waals surface area contributed by atoms with Gasteiger partial charge in [-0.2, -0.15) is 0 Å². The van der Waals surface area contributed by atoms with Crippen molar-refractivity contribution in [1.82, 2.24) is 0 Å². The normalized spacial score (nSPS) is 18.2. The van der Waals surface area contributed by atoms with E-state index in [0.29, 0.717) is 5.75 Å². The summed E-state index contributed by atoms with van der Waals surface area (Å²) in [6.45, 7) is 0. The molecule has 0 aliphatic carbocycles. The topological polar surface area (TPSA) is 72.8 Å². The number of methoxy groups -OCH3 is 1. The molecule has 1 aromatic rings. The first-order valence-corrected chi connectivity index (χ1v) is 4.26. The molecule has 0 aromatic heterocycles. The molecule has 2 rings (SSSR count). The van der Waals surface area contributed by atoms with E-state index in [-0.39, 0.29) is 11.1 Å². The molecule has 0 bridgehead atoms. The molecule has 0 saturated carbocycles. The second-order valence-corrected chi connectivity index (χ2v) is 3.05. The lowest BCUT2D eigenvalue weighted by Crippen LogP contribution is -2.11. The molecule has 1 aromatic carbocycles. The molecular weight excluding hydrogens is 200 g/mol. The van der Waals surface area contributed by atoms with Crippen molar-refractivity contribution in [3.63, 3.8) is 0 Å². The van der Waals surface area contributed by atoms with Crippen LogP contribution in [0.3, 0.4) is 0 Å². The SMILES string of the molecule is COc1cccc2c1C(C(=O)O)OC2=O. The first kappa shape index (κ1) is 9.51. The molecular formula is C10H8O5. The molecule has 1 unspecified atom stereocenters. The number of carbonyl (C=O) groups is 2. The van der Waals surface area contributed by atoms with E-state index in [0.717, 1.165) is 0 Å². The van der Waals surface area contributed by atoms with Gasteiger partial charge in [0.2, 0.25) is 6.10 Å². The van der Waals surface area contributed by atoms with Gasteiger partial charge in [0.05, 0.1) is 18.2 Å². The van der Waals surface area contributed by atoms with Crippen LogP contribution in [-0.2, 0) is 9.53 Å². The average molecular weight is 208 g/mol. The Morgan fingerprint density at radius 3 is 2.87 bits per heavy atom. The average Bonchev–Trinajstić information content (AvgIpc) is 2.56. The van der Waals surface area contributed by atoms with Gasteiger partial charge in [-0.05, 0) is 12.1 Å². The summed E-state index contributed by atoms with van der Waals surface area (Å²) in [7, 11) is 1.41. The minimum atomic E-state index is -1.26. The number of hydrogen-bond donors (Lipinski definition) is 1. The van der Waals surface area contributed by atoms with E-state index in [2.05, 4.69) is 0 Å². The van der Waals surface area contributed by atoms with Gasteiger partial charge in [0, 0.05) is 0 Å². The summed E-state index contributed by atoms with van der Waals surface area (Å²) in [6.07, 6.45) is -1.26. The third-order valence-corrected chi connectivity index (χ3v) is 2.22. The van der Waals surface area contributed by atoms with Gasteiger partial charge in [0.15, 0.2) is 0 Å². The zero-order chi connectivity index (χ0) is 11.0. The third-order valence-electron chi connectivity index (χ3n) is 2.22. The van der Waals surface area contributed by atoms with Crippen molar-refractivity contribution < 1.29 is 24.2 Å². The number of cyclic esters (lactones) is 1. The molecule has 0 amide bonds. The number of esters is 1. The number of carboxylic acids is 1. The molecule has 0 saturated heterocycles. The minimum Gasteiger partial charge on any atom is -0.496 e. The van der Waals surface area contributed by atoms with Gasteiger partial charge >= 0.3 is 11.9 Å². The quantitative estimate of drug-likeness (QED) is 0.733. The molecule has 0 spiro atoms. The second-order valence-electron chi connectivity index (χ2n) is 3.05. The number of hydrogen-bond acceptors (Lipinski definition) is 4. The minimum absolute atomic E-state index is 0.252. The Bertz CT molecular complexity index is 437. The van der Waals surface area contributed by atoms with Crippen LogP contribution in [0.2, 0.25) is 0 Å². The number of ether oxygens (including phenoxy) is 2. The lowest BCUT2D eigenvalue weighted by molar-refractivity contribution is -0.146. The van der Waals surface area contributed by atoms with E-state index in [9.17, 15) is 9.59 Å². The van der Waals surface area contributed by atoms with E-state index in [1.165, 1.54) is 13.2 Å². The first-order chi connectivity index (χ1) is 7.15. The van der Waals surface area contributed by atoms with Crippen molar-refractivity contribution in [3.8, 4) is 5.75 Å². The fourth-order valence-electron chi connectivity index (χ4n) is 1.57. The maximum absolute atomic E-state index is 11.3. The Morgan fingerprint density at radius 1 is 1.53 bits per heavy atom. The lowest BCUT2D eigenvalue weighted by atomic mass is 10.0. The molecule has 1 aliphatic heterocycles. The first-order valence-electron chi connectivity index (χ1n) is 4.26. The summed E-state index contributed by atoms with van der Waals surface area (Å²) in [5.41, 5.74) is 0.541. The zero-order valence-corrected chi connectivity index (χ0v) is 7.89. The molecule has 15 heavy (non-hydrogen) atoms. The molecule has 5 nitrogen and oxygen atoms in total. The zero-order valence-electron chi connectivity index (χ0n) is 7.89. The van der Waals surface area contributed by atoms with Crippen LogP contribution in [-0.4, -0.2) is 24.2 Å². The Hall–Kier alpha value is -2.04. The van der Waals surface area contributed by atoms with Crippen LogP contribution in [0.5, 0.6) is 5.75 Å². The molecule has 1 atom stereocenters. The Labute approximate surface area is 85.2 Å². The number of carboxylic acid groups (broad SMARTS) is 1. The van der Waals surface area contributed by atoms with Gasteiger partial charge in [-0.25, -0.2) is 9.59 Å². The summed E-state index contributed by atoms with van der Waals surface area (Å²) in [6, 6.07) is 4.73. The maximum atomic E-state index is 11.3. The molecule has 1 heterocycles. The van der Waals surface area contributed by atoms with Crippen molar-refractivity contribution in [3.05, 3.63) is 29.3 Å². The van der Waals surface area contributed by atoms with Crippen LogP contribution < -0.4 is 4.74 Å². The van der Waals surface area contributed by atoms with Crippen molar-refractivity contribution in [2.24, 2.45) is 0 Å². The van der Waals surface area contributed by atoms with E-state index in [4.69, 9.17) is 14.6 Å². The van der Waals surface area contributed by atoms with Crippen LogP contribution in [0.1, 0.15) is 22.0 Å². The van der Waals surface area contributed by atoms with Crippen LogP contribution in [0, 0.1) is 0 Å². The van der Waals surface area contributed by atoms with Crippen molar-refractivity contribution in [1.29, 1.82) is 0 Å². The molecule has 78 valence electrons. The van der Waals surface area contributed by atoms with Gasteiger partial charge < -0.3 is 14.6 Å². The second kappa shape index (κ2) is 3.27. The Kier molecular flexibility index (Phi) is 2.07. The predicted octanol–water partition coefficient (Wildman–Crippen LogP) is 0.991. The number of aliphatic carboxylic acids is 1. The fourth-order valence-corrected chi connectivity index (χ4v) is 1.57. The highest BCUT2D eigenvalue weighted by Crippen LogP contribution is 2.37. The number of benzene rings is 1. The summed E-state index contributed by atoms with van der Waals surface area (Å²) in [5, 5.41) is 8.86. The van der Waals surface area contributed by atoms with Gasteiger partial charge in [0.25, 0.3) is 0 Å². The third kappa shape index (κ3) is 1.32. The van der Waals surface area contributed by atoms with Crippen LogP contribution in [0.15, 0.2) is 18.2 Å². The highest BCUT2D eigenvalue weighted by atomic mass is 16.6. The molecule has 1 N–H and O–H groups in total. The van der Waals surface area contributed by atoms with E-state index < -0.39 is 18.0 Å². The summed E-state index contributed by atoms with van der Waals surface area (Å²) in [5.74, 6) is -1.48. The number of rotatable bonds is 2. The summed E-state index contributed by atoms with van der Waals surface area (Å²) in [4.78, 5) is 22.2. The van der Waals surface area contributed by atoms with Crippen LogP contribution in [0.25, 0.3) is 0 Å². The maximum Gasteiger partial charge on any atom is 0.349 e. The number of carbonyl (C=O) groups excluding carboxylic acids is 1. The largest absolute Gasteiger partial charge is 0.496 e. The van der Waals surface area contributed by atoms with Gasteiger partial charge in [-0.15, -0.1) is 0 Å². The standard InChI is InChI=1S/C10H8O5/c1-14-6-4-2-3-5-7(6)8(9(11)12)15-10(5)13/h2-4,8H,1H3,(H,11,12). The molecule has 1 aliphatic rings. The Morgan fingerprint density at radius 2 is 2.27 bits per heavy atom. The van der Waals surface area contributed by atoms with E-state index in [1.807, 2.05) is 0 Å². The molecule has 0 fully saturated rings. The molecule has 5 heteroatoms. The van der Waals surface area contributed by atoms with Crippen molar-refractivity contribution in [2.45, 2.75) is 6.10 Å². The predicted molar refractivity (Wildman–Crippen MR) is 48.8 cm³/mol. The monoisotopic (exact) mass is 208 g/mol. The van der Waals surface area contributed by atoms with Gasteiger partial charge in [-0.3, -0.25) is 0 Å². The summed E-state index contributed by atoms with van der Waals surface area (Å²) >= 11 is 0. The highest BCUT2D eigenvalue weighted by molar-refractivity contribution is 5.99. The van der Waals surface area contributed by atoms with Crippen LogP contribution in [0.4, 0.5) is 0 Å². The van der Waals surface area contributed by atoms with E-state index >= 15 is 0 Å². The highest BCUT2D eigenvalue weighted by Gasteiger charge is 2.38. The number of fused-ring (bicyclic) bond motifs is 1. The van der Waals surface area contributed by atoms with E-state index in [1.54, 1.807) is 12.1 Å². The van der Waals surface area contributed by atoms with Crippen LogP contribution >= 0.6 is 0 Å². The molecule has 0 radical (unpaired) electrons. The van der Waals surface area contributed by atoms with Gasteiger partial charge in [-0.1, -0.05) is 6.07 Å². The lowest BCUT2D eigenvalue weighted by Gasteiger charge is -2.08. The smallest absolute Gasteiger partial charge is 0.349 e. The fraction of sp³-hybridized carbons (Fsp3) is 0.200. The Balaban J connectivity index is 2.61. The van der Waals surface area contributed by atoms with Gasteiger partial charge in [0.1, 0.15) is 5.75 Å². The summed E-state index contributed by atoms with van der Waals surface area (Å²) < 4.78 is 9.71.